The quantitative estimate of drug-likeness (QED) is 0.882. The summed E-state index contributed by atoms with van der Waals surface area (Å²) in [4.78, 5) is 4.46. The molecule has 0 spiro atoms. The molecular weight excluding hydrogens is 269 g/mol. The van der Waals surface area contributed by atoms with Crippen LogP contribution < -0.4 is 5.32 Å². The van der Waals surface area contributed by atoms with Crippen molar-refractivity contribution in [3.05, 3.63) is 35.5 Å². The topological polar surface area (TPSA) is 51.0 Å². The Balaban J connectivity index is 2.17. The van der Waals surface area contributed by atoms with Gasteiger partial charge in [0.05, 0.1) is 5.92 Å². The summed E-state index contributed by atoms with van der Waals surface area (Å²) in [6.07, 6.45) is 1.08. The maximum absolute atomic E-state index is 13.1. The van der Waals surface area contributed by atoms with E-state index in [1.165, 1.54) is 12.1 Å². The molecule has 0 aliphatic heterocycles. The van der Waals surface area contributed by atoms with Crippen LogP contribution in [0.3, 0.4) is 0 Å². The molecule has 0 fully saturated rings. The SMILES string of the molecule is CCCNC(C)C(C)c1nc(-c2ccc(F)cc2C)no1. The predicted octanol–water partition coefficient (Wildman–Crippen LogP) is 3.68. The zero-order chi connectivity index (χ0) is 15.4. The highest BCUT2D eigenvalue weighted by Crippen LogP contribution is 2.24. The van der Waals surface area contributed by atoms with E-state index in [4.69, 9.17) is 4.52 Å². The maximum atomic E-state index is 13.1. The Morgan fingerprint density at radius 3 is 2.76 bits per heavy atom. The van der Waals surface area contributed by atoms with Crippen molar-refractivity contribution in [1.29, 1.82) is 0 Å². The second-order valence-electron chi connectivity index (χ2n) is 5.45. The molecule has 0 bridgehead atoms. The number of aromatic nitrogens is 2. The molecule has 1 aromatic carbocycles. The summed E-state index contributed by atoms with van der Waals surface area (Å²) < 4.78 is 18.5. The molecule has 1 N–H and O–H groups in total. The van der Waals surface area contributed by atoms with Crippen LogP contribution in [0.1, 0.15) is 44.6 Å². The number of aryl methyl sites for hydroxylation is 1. The van der Waals surface area contributed by atoms with Crippen molar-refractivity contribution >= 4 is 0 Å². The van der Waals surface area contributed by atoms with Crippen molar-refractivity contribution in [2.45, 2.75) is 46.1 Å². The smallest absolute Gasteiger partial charge is 0.231 e. The fraction of sp³-hybridized carbons (Fsp3) is 0.500. The molecule has 114 valence electrons. The third kappa shape index (κ3) is 3.67. The van der Waals surface area contributed by atoms with Crippen LogP contribution in [-0.4, -0.2) is 22.7 Å². The largest absolute Gasteiger partial charge is 0.339 e. The van der Waals surface area contributed by atoms with Crippen molar-refractivity contribution in [3.8, 4) is 11.4 Å². The second-order valence-corrected chi connectivity index (χ2v) is 5.45. The van der Waals surface area contributed by atoms with Gasteiger partial charge in [0.2, 0.25) is 11.7 Å². The zero-order valence-electron chi connectivity index (χ0n) is 13.0. The van der Waals surface area contributed by atoms with Crippen molar-refractivity contribution in [2.24, 2.45) is 0 Å². The summed E-state index contributed by atoms with van der Waals surface area (Å²) in [5.74, 6) is 0.978. The summed E-state index contributed by atoms with van der Waals surface area (Å²) in [6.45, 7) is 9.09. The van der Waals surface area contributed by atoms with Crippen LogP contribution in [0.4, 0.5) is 4.39 Å². The van der Waals surface area contributed by atoms with Crippen molar-refractivity contribution in [3.63, 3.8) is 0 Å². The molecule has 2 unspecified atom stereocenters. The van der Waals surface area contributed by atoms with Gasteiger partial charge in [0, 0.05) is 11.6 Å². The summed E-state index contributed by atoms with van der Waals surface area (Å²) >= 11 is 0. The number of nitrogens with one attached hydrogen (secondary N) is 1. The van der Waals surface area contributed by atoms with E-state index in [1.54, 1.807) is 6.07 Å². The average molecular weight is 291 g/mol. The minimum atomic E-state index is -0.259. The molecule has 1 heterocycles. The maximum Gasteiger partial charge on any atom is 0.231 e. The Morgan fingerprint density at radius 1 is 1.33 bits per heavy atom. The molecule has 2 atom stereocenters. The number of nitrogens with zero attached hydrogens (tertiary/aromatic N) is 2. The van der Waals surface area contributed by atoms with Gasteiger partial charge in [-0.25, -0.2) is 4.39 Å². The zero-order valence-corrected chi connectivity index (χ0v) is 13.0. The average Bonchev–Trinajstić information content (AvgIpc) is 2.93. The molecule has 4 nitrogen and oxygen atoms in total. The van der Waals surface area contributed by atoms with Gasteiger partial charge < -0.3 is 9.84 Å². The molecule has 21 heavy (non-hydrogen) atoms. The van der Waals surface area contributed by atoms with E-state index in [-0.39, 0.29) is 17.8 Å². The standard InChI is InChI=1S/C16H22FN3O/c1-5-8-18-12(4)11(3)16-19-15(20-21-16)14-7-6-13(17)9-10(14)2/h6-7,9,11-12,18H,5,8H2,1-4H3. The van der Waals surface area contributed by atoms with Gasteiger partial charge in [-0.1, -0.05) is 19.0 Å². The Hall–Kier alpha value is -1.75. The van der Waals surface area contributed by atoms with E-state index in [0.717, 1.165) is 24.1 Å². The Kier molecular flexibility index (Phi) is 5.07. The summed E-state index contributed by atoms with van der Waals surface area (Å²) in [5, 5.41) is 7.45. The Labute approximate surface area is 124 Å². The molecule has 2 rings (SSSR count). The minimum absolute atomic E-state index is 0.124. The minimum Gasteiger partial charge on any atom is -0.339 e. The molecule has 0 aliphatic rings. The van der Waals surface area contributed by atoms with Gasteiger partial charge in [0.25, 0.3) is 0 Å². The molecular formula is C16H22FN3O. The third-order valence-electron chi connectivity index (χ3n) is 3.73. The third-order valence-corrected chi connectivity index (χ3v) is 3.73. The van der Waals surface area contributed by atoms with E-state index in [2.05, 4.69) is 36.2 Å². The van der Waals surface area contributed by atoms with Crippen LogP contribution in [0.5, 0.6) is 0 Å². The van der Waals surface area contributed by atoms with E-state index >= 15 is 0 Å². The highest BCUT2D eigenvalue weighted by molar-refractivity contribution is 5.59. The fourth-order valence-electron chi connectivity index (χ4n) is 2.17. The molecule has 5 heteroatoms. The van der Waals surface area contributed by atoms with Crippen LogP contribution in [0.2, 0.25) is 0 Å². The van der Waals surface area contributed by atoms with Crippen molar-refractivity contribution in [2.75, 3.05) is 6.54 Å². The molecule has 0 radical (unpaired) electrons. The van der Waals surface area contributed by atoms with Crippen molar-refractivity contribution < 1.29 is 8.91 Å². The first-order chi connectivity index (χ1) is 10.0. The van der Waals surface area contributed by atoms with Crippen LogP contribution in [0.25, 0.3) is 11.4 Å². The molecule has 0 amide bonds. The predicted molar refractivity (Wildman–Crippen MR) is 80.6 cm³/mol. The molecule has 0 aliphatic carbocycles. The monoisotopic (exact) mass is 291 g/mol. The van der Waals surface area contributed by atoms with E-state index < -0.39 is 0 Å². The molecule has 1 aromatic heterocycles. The lowest BCUT2D eigenvalue weighted by molar-refractivity contribution is 0.331. The molecule has 0 saturated carbocycles. The number of benzene rings is 1. The number of hydrogen-bond donors (Lipinski definition) is 1. The lowest BCUT2D eigenvalue weighted by atomic mass is 10.0. The van der Waals surface area contributed by atoms with Gasteiger partial charge in [0.15, 0.2) is 0 Å². The molecule has 2 aromatic rings. The highest BCUT2D eigenvalue weighted by atomic mass is 19.1. The van der Waals surface area contributed by atoms with Gasteiger partial charge in [-0.15, -0.1) is 0 Å². The second kappa shape index (κ2) is 6.80. The number of rotatable bonds is 6. The lowest BCUT2D eigenvalue weighted by Gasteiger charge is -2.17. The van der Waals surface area contributed by atoms with Gasteiger partial charge in [-0.2, -0.15) is 4.98 Å². The summed E-state index contributed by atoms with van der Waals surface area (Å²) in [5.41, 5.74) is 1.60. The van der Waals surface area contributed by atoms with Crippen LogP contribution in [-0.2, 0) is 0 Å². The molecule has 0 saturated heterocycles. The Bertz CT molecular complexity index is 597. The van der Waals surface area contributed by atoms with E-state index in [0.29, 0.717) is 11.7 Å². The summed E-state index contributed by atoms with van der Waals surface area (Å²) in [6, 6.07) is 4.82. The van der Waals surface area contributed by atoms with E-state index in [1.807, 2.05) is 6.92 Å². The fourth-order valence-corrected chi connectivity index (χ4v) is 2.17. The van der Waals surface area contributed by atoms with E-state index in [9.17, 15) is 4.39 Å². The highest BCUT2D eigenvalue weighted by Gasteiger charge is 2.21. The number of hydrogen-bond acceptors (Lipinski definition) is 4. The van der Waals surface area contributed by atoms with Gasteiger partial charge in [-0.05, 0) is 50.6 Å². The normalized spacial score (nSPS) is 14.1. The number of halogens is 1. The first kappa shape index (κ1) is 15.6. The van der Waals surface area contributed by atoms with Gasteiger partial charge >= 0.3 is 0 Å². The lowest BCUT2D eigenvalue weighted by Crippen LogP contribution is -2.31. The van der Waals surface area contributed by atoms with Crippen LogP contribution >= 0.6 is 0 Å². The van der Waals surface area contributed by atoms with Gasteiger partial charge in [-0.3, -0.25) is 0 Å². The van der Waals surface area contributed by atoms with Crippen LogP contribution in [0, 0.1) is 12.7 Å². The first-order valence-corrected chi connectivity index (χ1v) is 7.36. The van der Waals surface area contributed by atoms with Crippen LogP contribution in [0.15, 0.2) is 22.7 Å². The summed E-state index contributed by atoms with van der Waals surface area (Å²) in [7, 11) is 0. The van der Waals surface area contributed by atoms with Crippen molar-refractivity contribution in [1.82, 2.24) is 15.5 Å². The first-order valence-electron chi connectivity index (χ1n) is 7.36. The Morgan fingerprint density at radius 2 is 2.10 bits per heavy atom. The van der Waals surface area contributed by atoms with Gasteiger partial charge in [0.1, 0.15) is 5.82 Å².